The van der Waals surface area contributed by atoms with Crippen LogP contribution < -0.4 is 10.2 Å². The third kappa shape index (κ3) is 3.87. The summed E-state index contributed by atoms with van der Waals surface area (Å²) in [6.45, 7) is 6.48. The highest BCUT2D eigenvalue weighted by Crippen LogP contribution is 2.34. The molecule has 2 aromatic heterocycles. The zero-order valence-electron chi connectivity index (χ0n) is 20.1. The Morgan fingerprint density at radius 3 is 2.33 bits per heavy atom. The smallest absolute Gasteiger partial charge is 0.162 e. The Morgan fingerprint density at radius 1 is 0.889 bits per heavy atom. The summed E-state index contributed by atoms with van der Waals surface area (Å²) in [6.07, 6.45) is 5.65. The minimum atomic E-state index is -2.31. The number of rotatable bonds is 4. The van der Waals surface area contributed by atoms with Gasteiger partial charge >= 0.3 is 0 Å². The van der Waals surface area contributed by atoms with Crippen molar-refractivity contribution in [1.82, 2.24) is 19.9 Å². The molecule has 0 amide bonds. The monoisotopic (exact) mass is 496 g/mol. The SMILES string of the molecule is C[C@@H]1CNC[C@H](C)N1c1ccc(-c2cnc3c(-c4ccc(S(=O)[O-])c5ccccc45)cnn3c2)cc1. The molecular formula is C28H26N5O2S-. The van der Waals surface area contributed by atoms with E-state index < -0.39 is 11.1 Å². The van der Waals surface area contributed by atoms with Crippen molar-refractivity contribution >= 4 is 33.2 Å². The molecule has 0 saturated carbocycles. The Balaban J connectivity index is 1.36. The van der Waals surface area contributed by atoms with Gasteiger partial charge in [-0.15, -0.1) is 0 Å². The average molecular weight is 497 g/mol. The number of fused-ring (bicyclic) bond motifs is 2. The first-order valence-electron chi connectivity index (χ1n) is 12.1. The van der Waals surface area contributed by atoms with Crippen molar-refractivity contribution < 1.29 is 8.76 Å². The number of nitrogens with zero attached hydrogens (tertiary/aromatic N) is 4. The molecule has 3 heterocycles. The first kappa shape index (κ1) is 22.8. The van der Waals surface area contributed by atoms with E-state index >= 15 is 0 Å². The predicted molar refractivity (Wildman–Crippen MR) is 143 cm³/mol. The Labute approximate surface area is 212 Å². The number of piperazine rings is 1. The van der Waals surface area contributed by atoms with Crippen LogP contribution in [0.1, 0.15) is 13.8 Å². The quantitative estimate of drug-likeness (QED) is 0.365. The van der Waals surface area contributed by atoms with E-state index in [4.69, 9.17) is 4.98 Å². The third-order valence-electron chi connectivity index (χ3n) is 7.04. The summed E-state index contributed by atoms with van der Waals surface area (Å²) in [5, 5.41) is 9.60. The summed E-state index contributed by atoms with van der Waals surface area (Å²) >= 11 is -2.31. The maximum atomic E-state index is 11.7. The van der Waals surface area contributed by atoms with Crippen molar-refractivity contribution in [2.24, 2.45) is 0 Å². The lowest BCUT2D eigenvalue weighted by atomic mass is 10.00. The Morgan fingerprint density at radius 2 is 1.61 bits per heavy atom. The van der Waals surface area contributed by atoms with Crippen LogP contribution in [0.25, 0.3) is 38.7 Å². The number of hydrogen-bond acceptors (Lipinski definition) is 6. The van der Waals surface area contributed by atoms with E-state index in [1.807, 2.05) is 42.7 Å². The van der Waals surface area contributed by atoms with Gasteiger partial charge in [0, 0.05) is 59.3 Å². The lowest BCUT2D eigenvalue weighted by Gasteiger charge is -2.41. The molecule has 1 saturated heterocycles. The molecule has 3 aromatic carbocycles. The van der Waals surface area contributed by atoms with E-state index in [0.717, 1.165) is 46.4 Å². The minimum Gasteiger partial charge on any atom is -0.768 e. The minimum absolute atomic E-state index is 0.286. The normalized spacial score (nSPS) is 19.1. The Kier molecular flexibility index (Phi) is 5.79. The largest absolute Gasteiger partial charge is 0.768 e. The summed E-state index contributed by atoms with van der Waals surface area (Å²) in [5.41, 5.74) is 5.77. The van der Waals surface area contributed by atoms with Gasteiger partial charge in [0.2, 0.25) is 0 Å². The highest BCUT2D eigenvalue weighted by molar-refractivity contribution is 7.79. The van der Waals surface area contributed by atoms with Crippen molar-refractivity contribution in [2.45, 2.75) is 30.8 Å². The second kappa shape index (κ2) is 9.13. The van der Waals surface area contributed by atoms with E-state index in [-0.39, 0.29) is 4.90 Å². The van der Waals surface area contributed by atoms with Crippen LogP contribution in [0.3, 0.4) is 0 Å². The highest BCUT2D eigenvalue weighted by Gasteiger charge is 2.24. The maximum absolute atomic E-state index is 11.7. The van der Waals surface area contributed by atoms with Crippen LogP contribution in [0.15, 0.2) is 84.1 Å². The molecule has 8 heteroatoms. The summed E-state index contributed by atoms with van der Waals surface area (Å²) < 4.78 is 25.2. The molecular weight excluding hydrogens is 470 g/mol. The van der Waals surface area contributed by atoms with Crippen LogP contribution in [0, 0.1) is 0 Å². The Hall–Kier alpha value is -3.59. The first-order chi connectivity index (χ1) is 17.5. The lowest BCUT2D eigenvalue weighted by molar-refractivity contribution is 0.432. The predicted octanol–water partition coefficient (Wildman–Crippen LogP) is 4.64. The number of nitrogens with one attached hydrogen (secondary N) is 1. The summed E-state index contributed by atoms with van der Waals surface area (Å²) in [4.78, 5) is 7.51. The topological polar surface area (TPSA) is 85.6 Å². The van der Waals surface area contributed by atoms with Crippen molar-refractivity contribution in [2.75, 3.05) is 18.0 Å². The molecule has 1 fully saturated rings. The average Bonchev–Trinajstić information content (AvgIpc) is 3.31. The van der Waals surface area contributed by atoms with Gasteiger partial charge in [0.1, 0.15) is 0 Å². The molecule has 3 atom stereocenters. The van der Waals surface area contributed by atoms with Crippen LogP contribution in [-0.2, 0) is 11.1 Å². The molecule has 182 valence electrons. The molecule has 7 nitrogen and oxygen atoms in total. The zero-order valence-corrected chi connectivity index (χ0v) is 20.9. The van der Waals surface area contributed by atoms with Gasteiger partial charge in [0.25, 0.3) is 0 Å². The fourth-order valence-corrected chi connectivity index (χ4v) is 5.87. The molecule has 1 unspecified atom stereocenters. The van der Waals surface area contributed by atoms with Crippen LogP contribution in [0.5, 0.6) is 0 Å². The Bertz CT molecular complexity index is 1590. The molecule has 0 radical (unpaired) electrons. The van der Waals surface area contributed by atoms with Crippen LogP contribution in [-0.4, -0.2) is 48.5 Å². The molecule has 0 spiro atoms. The highest BCUT2D eigenvalue weighted by atomic mass is 32.2. The van der Waals surface area contributed by atoms with E-state index in [0.29, 0.717) is 17.5 Å². The maximum Gasteiger partial charge on any atom is 0.162 e. The van der Waals surface area contributed by atoms with Gasteiger partial charge in [-0.1, -0.05) is 42.5 Å². The molecule has 1 aliphatic rings. The van der Waals surface area contributed by atoms with Gasteiger partial charge in [-0.05, 0) is 65.0 Å². The second-order valence-electron chi connectivity index (χ2n) is 9.37. The van der Waals surface area contributed by atoms with Gasteiger partial charge in [0.15, 0.2) is 5.65 Å². The zero-order chi connectivity index (χ0) is 24.8. The number of hydrogen-bond donors (Lipinski definition) is 1. The fourth-order valence-electron chi connectivity index (χ4n) is 5.33. The molecule has 0 bridgehead atoms. The second-order valence-corrected chi connectivity index (χ2v) is 10.3. The van der Waals surface area contributed by atoms with Crippen LogP contribution in [0.2, 0.25) is 0 Å². The standard InChI is InChI=1S/C28H27N5O2S/c1-18-13-29-14-19(2)33(18)22-9-7-20(8-10-22)21-15-30-28-26(16-31-32(28)17-21)24-11-12-27(36(34)35)25-6-4-3-5-23(24)25/h3-12,15-19,29H,13-14H2,1-2H3,(H,34,35)/p-1/t18-,19+. The summed E-state index contributed by atoms with van der Waals surface area (Å²) in [5.74, 6) is 0. The fraction of sp³-hybridized carbons (Fsp3) is 0.214. The molecule has 1 N–H and O–H groups in total. The number of benzene rings is 3. The van der Waals surface area contributed by atoms with Gasteiger partial charge in [-0.25, -0.2) is 9.50 Å². The number of aromatic nitrogens is 3. The summed E-state index contributed by atoms with van der Waals surface area (Å²) in [6, 6.07) is 20.5. The molecule has 0 aliphatic carbocycles. The lowest BCUT2D eigenvalue weighted by Crippen LogP contribution is -2.55. The van der Waals surface area contributed by atoms with E-state index in [2.05, 4.69) is 53.4 Å². The van der Waals surface area contributed by atoms with Crippen LogP contribution >= 0.6 is 0 Å². The van der Waals surface area contributed by atoms with Gasteiger partial charge in [0.05, 0.1) is 6.20 Å². The van der Waals surface area contributed by atoms with Crippen molar-refractivity contribution in [3.05, 3.63) is 79.3 Å². The van der Waals surface area contributed by atoms with E-state index in [1.54, 1.807) is 16.8 Å². The van der Waals surface area contributed by atoms with Crippen LogP contribution in [0.4, 0.5) is 5.69 Å². The van der Waals surface area contributed by atoms with Gasteiger partial charge in [-0.3, -0.25) is 4.21 Å². The summed E-state index contributed by atoms with van der Waals surface area (Å²) in [7, 11) is 0. The molecule has 36 heavy (non-hydrogen) atoms. The van der Waals surface area contributed by atoms with E-state index in [1.165, 1.54) is 5.69 Å². The van der Waals surface area contributed by atoms with Gasteiger partial charge < -0.3 is 14.8 Å². The molecule has 5 aromatic rings. The molecule has 1 aliphatic heterocycles. The van der Waals surface area contributed by atoms with E-state index in [9.17, 15) is 8.76 Å². The number of anilines is 1. The third-order valence-corrected chi connectivity index (χ3v) is 7.75. The van der Waals surface area contributed by atoms with Crippen molar-refractivity contribution in [3.8, 4) is 22.3 Å². The molecule has 6 rings (SSSR count). The van der Waals surface area contributed by atoms with Gasteiger partial charge in [-0.2, -0.15) is 5.10 Å². The van der Waals surface area contributed by atoms with Crippen molar-refractivity contribution in [1.29, 1.82) is 0 Å². The van der Waals surface area contributed by atoms with Crippen molar-refractivity contribution in [3.63, 3.8) is 0 Å². The first-order valence-corrected chi connectivity index (χ1v) is 13.1.